The van der Waals surface area contributed by atoms with E-state index in [0.29, 0.717) is 11.8 Å². The zero-order chi connectivity index (χ0) is 12.4. The average Bonchev–Trinajstić information content (AvgIpc) is 2.59. The highest BCUT2D eigenvalue weighted by Gasteiger charge is 2.70. The summed E-state index contributed by atoms with van der Waals surface area (Å²) in [4.78, 5) is 11.5. The summed E-state index contributed by atoms with van der Waals surface area (Å²) >= 11 is 0. The summed E-state index contributed by atoms with van der Waals surface area (Å²) in [7, 11) is 0. The molecular formula is C14H20O3. The normalized spacial score (nSPS) is 50.4. The first-order valence-electron chi connectivity index (χ1n) is 6.41. The van der Waals surface area contributed by atoms with Crippen LogP contribution >= 0.6 is 0 Å². The maximum absolute atomic E-state index is 11.5. The van der Waals surface area contributed by atoms with E-state index < -0.39 is 6.16 Å². The fourth-order valence-electron chi connectivity index (χ4n) is 4.52. The largest absolute Gasteiger partial charge is 0.509 e. The molecular weight excluding hydrogens is 216 g/mol. The minimum absolute atomic E-state index is 0.000463. The van der Waals surface area contributed by atoms with Crippen LogP contribution in [-0.4, -0.2) is 18.4 Å². The van der Waals surface area contributed by atoms with Crippen LogP contribution in [0.15, 0.2) is 12.7 Å². The van der Waals surface area contributed by atoms with Crippen LogP contribution in [0.1, 0.15) is 33.6 Å². The van der Waals surface area contributed by atoms with Crippen LogP contribution in [0.25, 0.3) is 0 Å². The van der Waals surface area contributed by atoms with Crippen molar-refractivity contribution in [2.45, 2.75) is 45.8 Å². The van der Waals surface area contributed by atoms with Gasteiger partial charge < -0.3 is 9.47 Å². The highest BCUT2D eigenvalue weighted by molar-refractivity contribution is 5.62. The van der Waals surface area contributed by atoms with Gasteiger partial charge in [-0.15, -0.1) is 0 Å². The first-order valence-corrected chi connectivity index (χ1v) is 6.41. The SMILES string of the molecule is C=C[C@@H]1OC(=O)O[C@H]2[C@@H]1[C@H]1CC[C@]2(C)C1(C)C. The molecule has 0 aromatic carbocycles. The van der Waals surface area contributed by atoms with Crippen molar-refractivity contribution in [3.05, 3.63) is 12.7 Å². The monoisotopic (exact) mass is 236 g/mol. The number of carbonyl (C=O) groups excluding carboxylic acids is 1. The number of hydrogen-bond donors (Lipinski definition) is 0. The molecule has 3 nitrogen and oxygen atoms in total. The van der Waals surface area contributed by atoms with Crippen LogP contribution in [0.2, 0.25) is 0 Å². The van der Waals surface area contributed by atoms with Gasteiger partial charge in [0.25, 0.3) is 0 Å². The Hall–Kier alpha value is -0.990. The summed E-state index contributed by atoms with van der Waals surface area (Å²) in [5, 5.41) is 0. The molecule has 1 saturated heterocycles. The van der Waals surface area contributed by atoms with E-state index in [1.54, 1.807) is 6.08 Å². The van der Waals surface area contributed by atoms with Gasteiger partial charge in [-0.25, -0.2) is 4.79 Å². The van der Waals surface area contributed by atoms with Gasteiger partial charge in [-0.05, 0) is 24.2 Å². The van der Waals surface area contributed by atoms with Crippen molar-refractivity contribution in [2.24, 2.45) is 22.7 Å². The molecule has 1 aliphatic heterocycles. The molecule has 1 heterocycles. The van der Waals surface area contributed by atoms with Crippen molar-refractivity contribution in [1.82, 2.24) is 0 Å². The lowest BCUT2D eigenvalue weighted by atomic mass is 9.70. The van der Waals surface area contributed by atoms with Crippen molar-refractivity contribution in [3.8, 4) is 0 Å². The van der Waals surface area contributed by atoms with Crippen molar-refractivity contribution in [3.63, 3.8) is 0 Å². The third-order valence-corrected chi connectivity index (χ3v) is 5.88. The number of hydrogen-bond acceptors (Lipinski definition) is 3. The Bertz CT molecular complexity index is 387. The molecule has 0 spiro atoms. The lowest BCUT2D eigenvalue weighted by Crippen LogP contribution is -2.49. The molecule has 3 fully saturated rings. The number of rotatable bonds is 1. The summed E-state index contributed by atoms with van der Waals surface area (Å²) in [6.07, 6.45) is 3.41. The highest BCUT2D eigenvalue weighted by Crippen LogP contribution is 2.70. The number of cyclic esters (lactones) is 1. The summed E-state index contributed by atoms with van der Waals surface area (Å²) in [5.41, 5.74) is 0.292. The molecule has 94 valence electrons. The van der Waals surface area contributed by atoms with Gasteiger partial charge in [-0.3, -0.25) is 0 Å². The number of fused-ring (bicyclic) bond motifs is 5. The third kappa shape index (κ3) is 1.10. The fourth-order valence-corrected chi connectivity index (χ4v) is 4.52. The Morgan fingerprint density at radius 2 is 2.06 bits per heavy atom. The molecule has 2 saturated carbocycles. The Morgan fingerprint density at radius 3 is 2.71 bits per heavy atom. The molecule has 3 aliphatic rings. The lowest BCUT2D eigenvalue weighted by molar-refractivity contribution is -0.123. The summed E-state index contributed by atoms with van der Waals surface area (Å²) in [5.74, 6) is 0.854. The minimum atomic E-state index is -0.527. The zero-order valence-corrected chi connectivity index (χ0v) is 10.7. The van der Waals surface area contributed by atoms with Crippen LogP contribution in [-0.2, 0) is 9.47 Å². The lowest BCUT2D eigenvalue weighted by Gasteiger charge is -2.42. The van der Waals surface area contributed by atoms with Crippen LogP contribution in [0.5, 0.6) is 0 Å². The Kier molecular flexibility index (Phi) is 2.00. The number of carbonyl (C=O) groups is 1. The molecule has 0 radical (unpaired) electrons. The van der Waals surface area contributed by atoms with Crippen molar-refractivity contribution < 1.29 is 14.3 Å². The molecule has 0 aromatic heterocycles. The van der Waals surface area contributed by atoms with Crippen molar-refractivity contribution >= 4 is 6.16 Å². The van der Waals surface area contributed by atoms with Crippen molar-refractivity contribution in [1.29, 1.82) is 0 Å². The maximum atomic E-state index is 11.5. The second-order valence-electron chi connectivity index (χ2n) is 6.47. The molecule has 17 heavy (non-hydrogen) atoms. The van der Waals surface area contributed by atoms with E-state index in [0.717, 1.165) is 6.42 Å². The zero-order valence-electron chi connectivity index (χ0n) is 10.7. The second-order valence-corrected chi connectivity index (χ2v) is 6.47. The second kappa shape index (κ2) is 3.06. The van der Waals surface area contributed by atoms with Gasteiger partial charge in [0, 0.05) is 11.3 Å². The van der Waals surface area contributed by atoms with E-state index in [4.69, 9.17) is 9.47 Å². The average molecular weight is 236 g/mol. The van der Waals surface area contributed by atoms with E-state index >= 15 is 0 Å². The van der Waals surface area contributed by atoms with Crippen LogP contribution < -0.4 is 0 Å². The quantitative estimate of drug-likeness (QED) is 0.518. The standard InChI is InChI=1S/C14H20O3/c1-5-9-10-8-6-7-14(4,13(8,2)3)11(10)17-12(15)16-9/h5,8-11H,1,6-7H2,2-4H3/t8-,9+,10-,11+,14+/m1/s1. The summed E-state index contributed by atoms with van der Waals surface area (Å²) in [6.45, 7) is 10.7. The molecule has 0 unspecified atom stereocenters. The Morgan fingerprint density at radius 1 is 1.35 bits per heavy atom. The van der Waals surface area contributed by atoms with Gasteiger partial charge in [-0.1, -0.05) is 33.4 Å². The molecule has 3 heteroatoms. The first kappa shape index (κ1) is 11.1. The van der Waals surface area contributed by atoms with Gasteiger partial charge in [0.05, 0.1) is 0 Å². The van der Waals surface area contributed by atoms with E-state index in [-0.39, 0.29) is 23.0 Å². The van der Waals surface area contributed by atoms with Gasteiger partial charge in [0.2, 0.25) is 0 Å². The molecule has 0 N–H and O–H groups in total. The van der Waals surface area contributed by atoms with E-state index in [2.05, 4.69) is 27.4 Å². The van der Waals surface area contributed by atoms with Gasteiger partial charge in [0.1, 0.15) is 12.2 Å². The maximum Gasteiger partial charge on any atom is 0.509 e. The van der Waals surface area contributed by atoms with Crippen molar-refractivity contribution in [2.75, 3.05) is 0 Å². The summed E-state index contributed by atoms with van der Waals surface area (Å²) in [6, 6.07) is 0. The van der Waals surface area contributed by atoms with Gasteiger partial charge in [-0.2, -0.15) is 0 Å². The van der Waals surface area contributed by atoms with Crippen LogP contribution in [0, 0.1) is 22.7 Å². The molecule has 2 aliphatic carbocycles. The minimum Gasteiger partial charge on any atom is -0.430 e. The Labute approximate surface area is 102 Å². The predicted octanol–water partition coefficient (Wildman–Crippen LogP) is 3.15. The van der Waals surface area contributed by atoms with E-state index in [1.807, 2.05) is 0 Å². The smallest absolute Gasteiger partial charge is 0.430 e. The Balaban J connectivity index is 2.06. The predicted molar refractivity (Wildman–Crippen MR) is 63.4 cm³/mol. The first-order chi connectivity index (χ1) is 7.91. The van der Waals surface area contributed by atoms with E-state index in [9.17, 15) is 4.79 Å². The topological polar surface area (TPSA) is 35.5 Å². The third-order valence-electron chi connectivity index (χ3n) is 5.88. The van der Waals surface area contributed by atoms with Crippen LogP contribution in [0.4, 0.5) is 4.79 Å². The van der Waals surface area contributed by atoms with E-state index in [1.165, 1.54) is 6.42 Å². The molecule has 2 bridgehead atoms. The molecule has 5 atom stereocenters. The molecule has 0 amide bonds. The highest BCUT2D eigenvalue weighted by atomic mass is 16.7. The number of ether oxygens (including phenoxy) is 2. The summed E-state index contributed by atoms with van der Waals surface area (Å²) < 4.78 is 10.8. The molecule has 3 rings (SSSR count). The van der Waals surface area contributed by atoms with Gasteiger partial charge >= 0.3 is 6.16 Å². The van der Waals surface area contributed by atoms with Crippen LogP contribution in [0.3, 0.4) is 0 Å². The molecule has 0 aromatic rings. The fraction of sp³-hybridized carbons (Fsp3) is 0.786. The van der Waals surface area contributed by atoms with Gasteiger partial charge in [0.15, 0.2) is 0 Å².